The SMILES string of the molecule is O=C(/C=C/c1ccc(C(F)(F)F)cc1)N1COC[C@H]1c1ccccc1. The Kier molecular flexibility index (Phi) is 4.90. The summed E-state index contributed by atoms with van der Waals surface area (Å²) in [4.78, 5) is 14.0. The Bertz CT molecular complexity index is 754. The summed E-state index contributed by atoms with van der Waals surface area (Å²) < 4.78 is 43.0. The van der Waals surface area contributed by atoms with E-state index < -0.39 is 11.7 Å². The van der Waals surface area contributed by atoms with Gasteiger partial charge in [-0.1, -0.05) is 42.5 Å². The molecule has 1 saturated heterocycles. The zero-order valence-electron chi connectivity index (χ0n) is 13.2. The normalized spacial score (nSPS) is 18.0. The Balaban J connectivity index is 1.70. The van der Waals surface area contributed by atoms with Gasteiger partial charge in [-0.3, -0.25) is 4.79 Å². The average molecular weight is 347 g/mol. The van der Waals surface area contributed by atoms with Crippen LogP contribution in [0, 0.1) is 0 Å². The van der Waals surface area contributed by atoms with Crippen molar-refractivity contribution >= 4 is 12.0 Å². The fourth-order valence-corrected chi connectivity index (χ4v) is 2.66. The van der Waals surface area contributed by atoms with Crippen molar-refractivity contribution in [3.63, 3.8) is 0 Å². The Morgan fingerprint density at radius 1 is 1.08 bits per heavy atom. The van der Waals surface area contributed by atoms with Crippen molar-refractivity contribution < 1.29 is 22.7 Å². The Morgan fingerprint density at radius 2 is 1.76 bits per heavy atom. The highest BCUT2D eigenvalue weighted by atomic mass is 19.4. The molecule has 0 aromatic heterocycles. The molecule has 0 spiro atoms. The van der Waals surface area contributed by atoms with E-state index in [2.05, 4.69) is 0 Å². The van der Waals surface area contributed by atoms with Crippen LogP contribution in [0.15, 0.2) is 60.7 Å². The Morgan fingerprint density at radius 3 is 2.40 bits per heavy atom. The highest BCUT2D eigenvalue weighted by molar-refractivity contribution is 5.92. The standard InChI is InChI=1S/C19H16F3NO2/c20-19(21,22)16-9-6-14(7-10-16)8-11-18(24)23-13-25-12-17(23)15-4-2-1-3-5-15/h1-11,17H,12-13H2/b11-8+/t17-/m0/s1. The van der Waals surface area contributed by atoms with Crippen molar-refractivity contribution in [1.29, 1.82) is 0 Å². The van der Waals surface area contributed by atoms with Gasteiger partial charge in [0.1, 0.15) is 6.73 Å². The van der Waals surface area contributed by atoms with Crippen LogP contribution in [-0.4, -0.2) is 24.1 Å². The van der Waals surface area contributed by atoms with Crippen LogP contribution in [0.25, 0.3) is 6.08 Å². The average Bonchev–Trinajstić information content (AvgIpc) is 3.10. The van der Waals surface area contributed by atoms with Gasteiger partial charge in [0.25, 0.3) is 0 Å². The molecule has 0 radical (unpaired) electrons. The number of benzene rings is 2. The molecule has 130 valence electrons. The van der Waals surface area contributed by atoms with Crippen molar-refractivity contribution in [3.8, 4) is 0 Å². The van der Waals surface area contributed by atoms with E-state index in [9.17, 15) is 18.0 Å². The van der Waals surface area contributed by atoms with E-state index in [-0.39, 0.29) is 18.7 Å². The number of rotatable bonds is 3. The quantitative estimate of drug-likeness (QED) is 0.776. The first-order valence-electron chi connectivity index (χ1n) is 7.74. The number of amides is 1. The number of nitrogens with zero attached hydrogens (tertiary/aromatic N) is 1. The van der Waals surface area contributed by atoms with Gasteiger partial charge in [-0.15, -0.1) is 0 Å². The summed E-state index contributed by atoms with van der Waals surface area (Å²) in [7, 11) is 0. The molecule has 3 nitrogen and oxygen atoms in total. The molecular weight excluding hydrogens is 331 g/mol. The van der Waals surface area contributed by atoms with E-state index in [4.69, 9.17) is 4.74 Å². The molecule has 1 fully saturated rings. The lowest BCUT2D eigenvalue weighted by Gasteiger charge is -2.21. The molecule has 25 heavy (non-hydrogen) atoms. The summed E-state index contributed by atoms with van der Waals surface area (Å²) in [6, 6.07) is 14.1. The second kappa shape index (κ2) is 7.11. The summed E-state index contributed by atoms with van der Waals surface area (Å²) in [6.45, 7) is 0.611. The van der Waals surface area contributed by atoms with Gasteiger partial charge in [-0.25, -0.2) is 0 Å². The zero-order valence-corrected chi connectivity index (χ0v) is 13.2. The topological polar surface area (TPSA) is 29.5 Å². The van der Waals surface area contributed by atoms with Crippen molar-refractivity contribution in [2.75, 3.05) is 13.3 Å². The zero-order chi connectivity index (χ0) is 17.9. The Hall–Kier alpha value is -2.60. The molecule has 1 aliphatic heterocycles. The minimum Gasteiger partial charge on any atom is -0.359 e. The van der Waals surface area contributed by atoms with E-state index in [1.165, 1.54) is 24.3 Å². The fourth-order valence-electron chi connectivity index (χ4n) is 2.66. The second-order valence-corrected chi connectivity index (χ2v) is 5.69. The molecular formula is C19H16F3NO2. The largest absolute Gasteiger partial charge is 0.416 e. The third-order valence-electron chi connectivity index (χ3n) is 4.01. The maximum Gasteiger partial charge on any atom is 0.416 e. The molecule has 0 bridgehead atoms. The summed E-state index contributed by atoms with van der Waals surface area (Å²) in [6.07, 6.45) is -1.51. The van der Waals surface area contributed by atoms with Crippen molar-refractivity contribution in [3.05, 3.63) is 77.4 Å². The maximum absolute atomic E-state index is 12.5. The van der Waals surface area contributed by atoms with Crippen LogP contribution < -0.4 is 0 Å². The first kappa shape index (κ1) is 17.2. The van der Waals surface area contributed by atoms with Crippen LogP contribution in [0.5, 0.6) is 0 Å². The third kappa shape index (κ3) is 4.09. The van der Waals surface area contributed by atoms with Gasteiger partial charge in [0.15, 0.2) is 0 Å². The lowest BCUT2D eigenvalue weighted by atomic mass is 10.1. The minimum absolute atomic E-state index is 0.161. The summed E-state index contributed by atoms with van der Waals surface area (Å²) in [5.74, 6) is -0.244. The third-order valence-corrected chi connectivity index (χ3v) is 4.01. The van der Waals surface area contributed by atoms with Gasteiger partial charge in [0, 0.05) is 6.08 Å². The summed E-state index contributed by atoms with van der Waals surface area (Å²) in [5, 5.41) is 0. The van der Waals surface area contributed by atoms with Crippen LogP contribution >= 0.6 is 0 Å². The number of carbonyl (C=O) groups excluding carboxylic acids is 1. The van der Waals surface area contributed by atoms with E-state index >= 15 is 0 Å². The monoisotopic (exact) mass is 347 g/mol. The lowest BCUT2D eigenvalue weighted by Crippen LogP contribution is -2.29. The van der Waals surface area contributed by atoms with E-state index in [0.29, 0.717) is 12.2 Å². The molecule has 2 aromatic rings. The van der Waals surface area contributed by atoms with Crippen LogP contribution in [0.4, 0.5) is 13.2 Å². The predicted molar refractivity (Wildman–Crippen MR) is 87.3 cm³/mol. The number of hydrogen-bond acceptors (Lipinski definition) is 2. The van der Waals surface area contributed by atoms with Crippen molar-refractivity contribution in [2.45, 2.75) is 12.2 Å². The van der Waals surface area contributed by atoms with Gasteiger partial charge < -0.3 is 9.64 Å². The molecule has 1 atom stereocenters. The summed E-state index contributed by atoms with van der Waals surface area (Å²) >= 11 is 0. The first-order valence-corrected chi connectivity index (χ1v) is 7.74. The Labute approximate surface area is 143 Å². The number of halogens is 3. The fraction of sp³-hybridized carbons (Fsp3) is 0.211. The molecule has 6 heteroatoms. The number of ether oxygens (including phenoxy) is 1. The van der Waals surface area contributed by atoms with Gasteiger partial charge >= 0.3 is 6.18 Å². The first-order chi connectivity index (χ1) is 11.9. The maximum atomic E-state index is 12.5. The molecule has 0 unspecified atom stereocenters. The predicted octanol–water partition coefficient (Wildman–Crippen LogP) is 4.28. The van der Waals surface area contributed by atoms with E-state index in [1.807, 2.05) is 30.3 Å². The molecule has 0 aliphatic carbocycles. The van der Waals surface area contributed by atoms with Crippen molar-refractivity contribution in [2.24, 2.45) is 0 Å². The van der Waals surface area contributed by atoms with Gasteiger partial charge in [-0.05, 0) is 29.3 Å². The molecule has 1 heterocycles. The van der Waals surface area contributed by atoms with E-state index in [0.717, 1.165) is 17.7 Å². The van der Waals surface area contributed by atoms with Gasteiger partial charge in [0.05, 0.1) is 18.2 Å². The molecule has 1 aliphatic rings. The van der Waals surface area contributed by atoms with E-state index in [1.54, 1.807) is 4.90 Å². The second-order valence-electron chi connectivity index (χ2n) is 5.69. The van der Waals surface area contributed by atoms with Crippen LogP contribution in [-0.2, 0) is 15.7 Å². The molecule has 1 amide bonds. The minimum atomic E-state index is -4.37. The number of hydrogen-bond donors (Lipinski definition) is 0. The molecule has 2 aromatic carbocycles. The van der Waals surface area contributed by atoms with Gasteiger partial charge in [-0.2, -0.15) is 13.2 Å². The smallest absolute Gasteiger partial charge is 0.359 e. The van der Waals surface area contributed by atoms with Crippen LogP contribution in [0.2, 0.25) is 0 Å². The molecule has 0 N–H and O–H groups in total. The molecule has 3 rings (SSSR count). The highest BCUT2D eigenvalue weighted by Gasteiger charge is 2.30. The summed E-state index contributed by atoms with van der Waals surface area (Å²) in [5.41, 5.74) is 0.794. The van der Waals surface area contributed by atoms with Crippen molar-refractivity contribution in [1.82, 2.24) is 4.90 Å². The van der Waals surface area contributed by atoms with Gasteiger partial charge in [0.2, 0.25) is 5.91 Å². The molecule has 0 saturated carbocycles. The van der Waals surface area contributed by atoms with Crippen LogP contribution in [0.3, 0.4) is 0 Å². The van der Waals surface area contributed by atoms with Crippen LogP contribution in [0.1, 0.15) is 22.7 Å². The number of carbonyl (C=O) groups is 1. The highest BCUT2D eigenvalue weighted by Crippen LogP contribution is 2.29. The number of alkyl halides is 3. The lowest BCUT2D eigenvalue weighted by molar-refractivity contribution is -0.137.